The lowest BCUT2D eigenvalue weighted by atomic mass is 10.1. The number of aromatic carboxylic acids is 1. The Bertz CT molecular complexity index is 331. The highest BCUT2D eigenvalue weighted by atomic mass is 16.5. The quantitative estimate of drug-likeness (QED) is 0.800. The summed E-state index contributed by atoms with van der Waals surface area (Å²) >= 11 is 0. The Morgan fingerprint density at radius 2 is 2.07 bits per heavy atom. The molecule has 1 rings (SSSR count). The van der Waals surface area contributed by atoms with Crippen LogP contribution in [-0.2, 0) is 6.42 Å². The zero-order chi connectivity index (χ0) is 10.6. The van der Waals surface area contributed by atoms with E-state index in [0.717, 1.165) is 12.0 Å². The Labute approximate surface area is 83.3 Å². The second-order valence-electron chi connectivity index (χ2n) is 2.96. The molecule has 0 fully saturated rings. The highest BCUT2D eigenvalue weighted by Gasteiger charge is 2.06. The highest BCUT2D eigenvalue weighted by Crippen LogP contribution is 2.17. The van der Waals surface area contributed by atoms with Crippen molar-refractivity contribution in [2.45, 2.75) is 20.3 Å². The lowest BCUT2D eigenvalue weighted by Crippen LogP contribution is -2.00. The van der Waals surface area contributed by atoms with Crippen molar-refractivity contribution >= 4 is 5.97 Å². The van der Waals surface area contributed by atoms with Crippen molar-refractivity contribution in [3.05, 3.63) is 29.3 Å². The Kier molecular flexibility index (Phi) is 3.51. The first-order valence-electron chi connectivity index (χ1n) is 4.67. The summed E-state index contributed by atoms with van der Waals surface area (Å²) in [7, 11) is 0. The van der Waals surface area contributed by atoms with Crippen LogP contribution in [0.15, 0.2) is 18.2 Å². The fraction of sp³-hybridized carbons (Fsp3) is 0.364. The Morgan fingerprint density at radius 3 is 2.57 bits per heavy atom. The smallest absolute Gasteiger partial charge is 0.335 e. The van der Waals surface area contributed by atoms with E-state index < -0.39 is 5.97 Å². The van der Waals surface area contributed by atoms with Crippen molar-refractivity contribution in [1.29, 1.82) is 0 Å². The van der Waals surface area contributed by atoms with Gasteiger partial charge in [-0.15, -0.1) is 0 Å². The SMILES string of the molecule is CCOc1cc(CC)cc(C(=O)O)c1. The number of carbonyl (C=O) groups is 1. The molecule has 0 heterocycles. The van der Waals surface area contributed by atoms with E-state index in [4.69, 9.17) is 9.84 Å². The Balaban J connectivity index is 3.06. The molecular weight excluding hydrogens is 180 g/mol. The Morgan fingerprint density at radius 1 is 1.36 bits per heavy atom. The summed E-state index contributed by atoms with van der Waals surface area (Å²) in [5.74, 6) is -0.287. The van der Waals surface area contributed by atoms with Crippen molar-refractivity contribution in [1.82, 2.24) is 0 Å². The normalized spacial score (nSPS) is 9.86. The molecule has 0 aliphatic rings. The van der Waals surface area contributed by atoms with Gasteiger partial charge in [-0.05, 0) is 37.1 Å². The minimum absolute atomic E-state index is 0.285. The fourth-order valence-corrected chi connectivity index (χ4v) is 1.24. The molecule has 0 aliphatic heterocycles. The van der Waals surface area contributed by atoms with E-state index >= 15 is 0 Å². The third kappa shape index (κ3) is 2.49. The molecule has 3 nitrogen and oxygen atoms in total. The predicted molar refractivity (Wildman–Crippen MR) is 53.9 cm³/mol. The van der Waals surface area contributed by atoms with E-state index in [0.29, 0.717) is 12.4 Å². The van der Waals surface area contributed by atoms with E-state index in [1.54, 1.807) is 12.1 Å². The molecule has 0 spiro atoms. The van der Waals surface area contributed by atoms with E-state index in [-0.39, 0.29) is 5.56 Å². The summed E-state index contributed by atoms with van der Waals surface area (Å²) in [5, 5.41) is 8.84. The first-order chi connectivity index (χ1) is 6.67. The van der Waals surface area contributed by atoms with Crippen LogP contribution in [-0.4, -0.2) is 17.7 Å². The highest BCUT2D eigenvalue weighted by molar-refractivity contribution is 5.88. The molecule has 0 saturated carbocycles. The van der Waals surface area contributed by atoms with Gasteiger partial charge in [0.25, 0.3) is 0 Å². The van der Waals surface area contributed by atoms with Crippen molar-refractivity contribution in [3.63, 3.8) is 0 Å². The van der Waals surface area contributed by atoms with Crippen LogP contribution < -0.4 is 4.74 Å². The number of aryl methyl sites for hydroxylation is 1. The first-order valence-corrected chi connectivity index (χ1v) is 4.67. The van der Waals surface area contributed by atoms with Crippen LogP contribution >= 0.6 is 0 Å². The molecule has 0 atom stereocenters. The summed E-state index contributed by atoms with van der Waals surface area (Å²) in [6.07, 6.45) is 0.807. The van der Waals surface area contributed by atoms with Gasteiger partial charge in [-0.2, -0.15) is 0 Å². The number of carboxylic acids is 1. The van der Waals surface area contributed by atoms with Crippen LogP contribution in [0.5, 0.6) is 5.75 Å². The molecule has 0 bridgehead atoms. The second-order valence-corrected chi connectivity index (χ2v) is 2.96. The van der Waals surface area contributed by atoms with E-state index in [1.165, 1.54) is 0 Å². The van der Waals surface area contributed by atoms with Gasteiger partial charge in [-0.3, -0.25) is 0 Å². The number of carboxylic acid groups (broad SMARTS) is 1. The van der Waals surface area contributed by atoms with Crippen molar-refractivity contribution in [2.24, 2.45) is 0 Å². The van der Waals surface area contributed by atoms with Crippen LogP contribution in [0.3, 0.4) is 0 Å². The largest absolute Gasteiger partial charge is 0.494 e. The predicted octanol–water partition coefficient (Wildman–Crippen LogP) is 2.35. The number of ether oxygens (including phenoxy) is 1. The van der Waals surface area contributed by atoms with Crippen LogP contribution in [0, 0.1) is 0 Å². The van der Waals surface area contributed by atoms with Gasteiger partial charge in [0.1, 0.15) is 5.75 Å². The molecular formula is C11H14O3. The minimum Gasteiger partial charge on any atom is -0.494 e. The molecule has 0 aliphatic carbocycles. The fourth-order valence-electron chi connectivity index (χ4n) is 1.24. The summed E-state index contributed by atoms with van der Waals surface area (Å²) in [4.78, 5) is 10.8. The van der Waals surface area contributed by atoms with Crippen LogP contribution in [0.25, 0.3) is 0 Å². The lowest BCUT2D eigenvalue weighted by Gasteiger charge is -2.06. The summed E-state index contributed by atoms with van der Waals surface area (Å²) < 4.78 is 5.28. The molecule has 3 heteroatoms. The summed E-state index contributed by atoms with van der Waals surface area (Å²) in [5.41, 5.74) is 1.26. The van der Waals surface area contributed by atoms with Gasteiger partial charge in [0.05, 0.1) is 12.2 Å². The number of hydrogen-bond donors (Lipinski definition) is 1. The number of rotatable bonds is 4. The molecule has 1 N–H and O–H groups in total. The topological polar surface area (TPSA) is 46.5 Å². The van der Waals surface area contributed by atoms with Gasteiger partial charge < -0.3 is 9.84 Å². The van der Waals surface area contributed by atoms with Crippen molar-refractivity contribution < 1.29 is 14.6 Å². The maximum atomic E-state index is 10.8. The van der Waals surface area contributed by atoms with Crippen molar-refractivity contribution in [2.75, 3.05) is 6.61 Å². The first kappa shape index (κ1) is 10.6. The third-order valence-corrected chi connectivity index (χ3v) is 1.93. The van der Waals surface area contributed by atoms with Crippen molar-refractivity contribution in [3.8, 4) is 5.75 Å². The molecule has 0 unspecified atom stereocenters. The maximum absolute atomic E-state index is 10.8. The van der Waals surface area contributed by atoms with E-state index in [9.17, 15) is 4.79 Å². The average molecular weight is 194 g/mol. The summed E-state index contributed by atoms with van der Waals surface area (Å²) in [6, 6.07) is 5.09. The maximum Gasteiger partial charge on any atom is 0.335 e. The molecule has 0 amide bonds. The standard InChI is InChI=1S/C11H14O3/c1-3-8-5-9(11(12)13)7-10(6-8)14-4-2/h5-7H,3-4H2,1-2H3,(H,12,13). The molecule has 76 valence electrons. The molecule has 14 heavy (non-hydrogen) atoms. The van der Waals surface area contributed by atoms with E-state index in [2.05, 4.69) is 0 Å². The second kappa shape index (κ2) is 4.65. The van der Waals surface area contributed by atoms with Gasteiger partial charge in [-0.1, -0.05) is 6.92 Å². The van der Waals surface area contributed by atoms with E-state index in [1.807, 2.05) is 19.9 Å². The number of hydrogen-bond acceptors (Lipinski definition) is 2. The lowest BCUT2D eigenvalue weighted by molar-refractivity contribution is 0.0696. The van der Waals surface area contributed by atoms with Crippen LogP contribution in [0.2, 0.25) is 0 Å². The third-order valence-electron chi connectivity index (χ3n) is 1.93. The average Bonchev–Trinajstić information content (AvgIpc) is 2.17. The zero-order valence-corrected chi connectivity index (χ0v) is 8.41. The number of benzene rings is 1. The molecule has 0 radical (unpaired) electrons. The van der Waals surface area contributed by atoms with Crippen LogP contribution in [0.1, 0.15) is 29.8 Å². The molecule has 1 aromatic carbocycles. The van der Waals surface area contributed by atoms with Gasteiger partial charge >= 0.3 is 5.97 Å². The monoisotopic (exact) mass is 194 g/mol. The summed E-state index contributed by atoms with van der Waals surface area (Å²) in [6.45, 7) is 4.40. The van der Waals surface area contributed by atoms with Gasteiger partial charge in [0.2, 0.25) is 0 Å². The zero-order valence-electron chi connectivity index (χ0n) is 8.41. The molecule has 0 saturated heterocycles. The minimum atomic E-state index is -0.916. The molecule has 1 aromatic rings. The van der Waals surface area contributed by atoms with Gasteiger partial charge in [-0.25, -0.2) is 4.79 Å². The van der Waals surface area contributed by atoms with Gasteiger partial charge in [0.15, 0.2) is 0 Å². The molecule has 0 aromatic heterocycles. The Hall–Kier alpha value is -1.51. The van der Waals surface area contributed by atoms with Gasteiger partial charge in [0, 0.05) is 0 Å². The van der Waals surface area contributed by atoms with Crippen LogP contribution in [0.4, 0.5) is 0 Å².